The molecule has 0 radical (unpaired) electrons. The molecule has 0 saturated carbocycles. The Morgan fingerprint density at radius 1 is 1.38 bits per heavy atom. The van der Waals surface area contributed by atoms with Crippen molar-refractivity contribution in [3.63, 3.8) is 0 Å². The molecule has 0 aliphatic rings. The summed E-state index contributed by atoms with van der Waals surface area (Å²) in [7, 11) is 3.94. The second-order valence-electron chi connectivity index (χ2n) is 3.73. The first kappa shape index (κ1) is 10.9. The van der Waals surface area contributed by atoms with E-state index in [1.807, 2.05) is 38.2 Å². The third-order valence-electron chi connectivity index (χ3n) is 2.30. The number of aromatic nitrogens is 3. The number of fused-ring (bicyclic) bond motifs is 1. The van der Waals surface area contributed by atoms with Crippen LogP contribution in [0, 0.1) is 0 Å². The van der Waals surface area contributed by atoms with Gasteiger partial charge in [0, 0.05) is 26.9 Å². The second kappa shape index (κ2) is 4.49. The van der Waals surface area contributed by atoms with Crippen molar-refractivity contribution in [3.05, 3.63) is 18.1 Å². The summed E-state index contributed by atoms with van der Waals surface area (Å²) in [6.07, 6.45) is 1.87. The molecule has 1 N–H and O–H groups in total. The number of hydrogen-bond acceptors (Lipinski definition) is 4. The van der Waals surface area contributed by atoms with Gasteiger partial charge in [0.05, 0.1) is 5.39 Å². The van der Waals surface area contributed by atoms with Crippen LogP contribution in [-0.4, -0.2) is 35.7 Å². The van der Waals surface area contributed by atoms with Crippen LogP contribution >= 0.6 is 0 Å². The Bertz CT molecular complexity index is 478. The van der Waals surface area contributed by atoms with Crippen LogP contribution in [0.3, 0.4) is 0 Å². The van der Waals surface area contributed by atoms with Gasteiger partial charge in [-0.15, -0.1) is 0 Å². The molecule has 0 bridgehead atoms. The number of anilines is 1. The summed E-state index contributed by atoms with van der Waals surface area (Å²) in [4.78, 5) is 14.0. The third kappa shape index (κ3) is 1.99. The normalized spacial score (nSPS) is 10.9. The van der Waals surface area contributed by atoms with Gasteiger partial charge in [0.2, 0.25) is 0 Å². The first-order chi connectivity index (χ1) is 7.72. The average Bonchev–Trinajstić information content (AvgIpc) is 2.72. The maximum Gasteiger partial charge on any atom is 0.158 e. The topological polar surface area (TPSA) is 54.0 Å². The molecule has 5 nitrogen and oxygen atoms in total. The van der Waals surface area contributed by atoms with E-state index in [-0.39, 0.29) is 0 Å². The molecule has 0 unspecified atom stereocenters. The zero-order valence-electron chi connectivity index (χ0n) is 9.82. The van der Waals surface area contributed by atoms with Crippen LogP contribution in [0.1, 0.15) is 12.7 Å². The van der Waals surface area contributed by atoms with Gasteiger partial charge in [-0.1, -0.05) is 0 Å². The van der Waals surface area contributed by atoms with Crippen molar-refractivity contribution in [3.8, 4) is 0 Å². The molecule has 0 aliphatic carbocycles. The van der Waals surface area contributed by atoms with Gasteiger partial charge in [0.25, 0.3) is 0 Å². The van der Waals surface area contributed by atoms with E-state index < -0.39 is 0 Å². The van der Waals surface area contributed by atoms with Crippen molar-refractivity contribution in [1.82, 2.24) is 15.0 Å². The highest BCUT2D eigenvalue weighted by molar-refractivity contribution is 5.87. The van der Waals surface area contributed by atoms with Crippen molar-refractivity contribution in [2.75, 3.05) is 25.6 Å². The molecule has 0 spiro atoms. The number of hydrogen-bond donors (Lipinski definition) is 1. The fourth-order valence-corrected chi connectivity index (χ4v) is 1.57. The zero-order valence-corrected chi connectivity index (χ0v) is 9.82. The van der Waals surface area contributed by atoms with Crippen LogP contribution in [0.2, 0.25) is 0 Å². The van der Waals surface area contributed by atoms with E-state index in [0.717, 1.165) is 16.9 Å². The summed E-state index contributed by atoms with van der Waals surface area (Å²) in [6, 6.07) is 1.98. The number of aromatic amines is 1. The number of nitrogens with one attached hydrogen (secondary N) is 1. The predicted octanol–water partition coefficient (Wildman–Crippen LogP) is 1.56. The van der Waals surface area contributed by atoms with Gasteiger partial charge in [-0.2, -0.15) is 0 Å². The molecule has 2 aromatic heterocycles. The molecule has 2 heterocycles. The highest BCUT2D eigenvalue weighted by atomic mass is 16.5. The molecule has 2 rings (SSSR count). The van der Waals surface area contributed by atoms with E-state index in [9.17, 15) is 0 Å². The Balaban J connectivity index is 2.44. The monoisotopic (exact) mass is 220 g/mol. The van der Waals surface area contributed by atoms with Crippen molar-refractivity contribution in [2.45, 2.75) is 13.5 Å². The van der Waals surface area contributed by atoms with Crippen LogP contribution < -0.4 is 4.90 Å². The van der Waals surface area contributed by atoms with Gasteiger partial charge in [-0.25, -0.2) is 9.97 Å². The van der Waals surface area contributed by atoms with Crippen LogP contribution in [0.25, 0.3) is 11.0 Å². The summed E-state index contributed by atoms with van der Waals surface area (Å²) in [5.41, 5.74) is 0.855. The fourth-order valence-electron chi connectivity index (χ4n) is 1.57. The molecule has 0 fully saturated rings. The maximum absolute atomic E-state index is 5.32. The van der Waals surface area contributed by atoms with Crippen LogP contribution in [0.15, 0.2) is 12.3 Å². The third-order valence-corrected chi connectivity index (χ3v) is 2.30. The smallest absolute Gasteiger partial charge is 0.158 e. The highest BCUT2D eigenvalue weighted by Gasteiger charge is 2.09. The minimum atomic E-state index is 0.451. The molecule has 0 atom stereocenters. The lowest BCUT2D eigenvalue weighted by atomic mass is 10.3. The van der Waals surface area contributed by atoms with Gasteiger partial charge in [-0.3, -0.25) is 0 Å². The van der Waals surface area contributed by atoms with E-state index in [1.165, 1.54) is 0 Å². The van der Waals surface area contributed by atoms with Gasteiger partial charge in [0.15, 0.2) is 5.82 Å². The molecule has 16 heavy (non-hydrogen) atoms. The highest BCUT2D eigenvalue weighted by Crippen LogP contribution is 2.21. The number of rotatable bonds is 4. The van der Waals surface area contributed by atoms with Gasteiger partial charge in [-0.05, 0) is 13.0 Å². The van der Waals surface area contributed by atoms with Crippen molar-refractivity contribution in [2.24, 2.45) is 0 Å². The summed E-state index contributed by atoms with van der Waals surface area (Å²) in [5.74, 6) is 1.63. The van der Waals surface area contributed by atoms with Gasteiger partial charge in [0.1, 0.15) is 18.1 Å². The van der Waals surface area contributed by atoms with E-state index in [1.54, 1.807) is 0 Å². The molecule has 0 saturated heterocycles. The Kier molecular flexibility index (Phi) is 3.05. The minimum Gasteiger partial charge on any atom is -0.374 e. The molecule has 0 amide bonds. The number of nitrogens with zero attached hydrogens (tertiary/aromatic N) is 3. The Morgan fingerprint density at radius 3 is 2.88 bits per heavy atom. The number of H-pyrrole nitrogens is 1. The van der Waals surface area contributed by atoms with Crippen LogP contribution in [-0.2, 0) is 11.3 Å². The molecule has 0 aromatic carbocycles. The van der Waals surface area contributed by atoms with E-state index in [2.05, 4.69) is 15.0 Å². The van der Waals surface area contributed by atoms with E-state index in [4.69, 9.17) is 4.74 Å². The molecule has 2 aromatic rings. The van der Waals surface area contributed by atoms with Crippen molar-refractivity contribution < 1.29 is 4.74 Å². The summed E-state index contributed by atoms with van der Waals surface area (Å²) >= 11 is 0. The van der Waals surface area contributed by atoms with Gasteiger partial charge < -0.3 is 14.6 Å². The zero-order chi connectivity index (χ0) is 11.5. The molecule has 5 heteroatoms. The lowest BCUT2D eigenvalue weighted by Gasteiger charge is -2.13. The Hall–Kier alpha value is -1.62. The summed E-state index contributed by atoms with van der Waals surface area (Å²) in [5, 5.41) is 1.03. The molecular weight excluding hydrogens is 204 g/mol. The van der Waals surface area contributed by atoms with Crippen LogP contribution in [0.5, 0.6) is 0 Å². The summed E-state index contributed by atoms with van der Waals surface area (Å²) < 4.78 is 5.32. The maximum atomic E-state index is 5.32. The largest absolute Gasteiger partial charge is 0.374 e. The SMILES string of the molecule is CCOCc1nc(N(C)C)c2cc[nH]c2n1. The Labute approximate surface area is 94.5 Å². The lowest BCUT2D eigenvalue weighted by Crippen LogP contribution is -2.13. The summed E-state index contributed by atoms with van der Waals surface area (Å²) in [6.45, 7) is 3.08. The predicted molar refractivity (Wildman–Crippen MR) is 63.5 cm³/mol. The van der Waals surface area contributed by atoms with Crippen LogP contribution in [0.4, 0.5) is 5.82 Å². The van der Waals surface area contributed by atoms with Gasteiger partial charge >= 0.3 is 0 Å². The first-order valence-corrected chi connectivity index (χ1v) is 5.31. The minimum absolute atomic E-state index is 0.451. The van der Waals surface area contributed by atoms with Crippen molar-refractivity contribution in [1.29, 1.82) is 0 Å². The number of ether oxygens (including phenoxy) is 1. The molecule has 0 aliphatic heterocycles. The second-order valence-corrected chi connectivity index (χ2v) is 3.73. The first-order valence-electron chi connectivity index (χ1n) is 5.31. The van der Waals surface area contributed by atoms with E-state index >= 15 is 0 Å². The quantitative estimate of drug-likeness (QED) is 0.849. The average molecular weight is 220 g/mol. The fraction of sp³-hybridized carbons (Fsp3) is 0.455. The van der Waals surface area contributed by atoms with Crippen molar-refractivity contribution >= 4 is 16.9 Å². The Morgan fingerprint density at radius 2 is 2.19 bits per heavy atom. The lowest BCUT2D eigenvalue weighted by molar-refractivity contribution is 0.128. The molecular formula is C11H16N4O. The van der Waals surface area contributed by atoms with E-state index in [0.29, 0.717) is 19.0 Å². The standard InChI is InChI=1S/C11H16N4O/c1-4-16-7-9-13-10-8(5-6-12-10)11(14-9)15(2)3/h5-6H,4,7H2,1-3H3,(H,12,13,14). The molecule has 86 valence electrons.